The highest BCUT2D eigenvalue weighted by Crippen LogP contribution is 2.13. The Hall–Kier alpha value is -1.98. The summed E-state index contributed by atoms with van der Waals surface area (Å²) in [5, 5.41) is 6.80. The molecule has 0 bridgehead atoms. The highest BCUT2D eigenvalue weighted by molar-refractivity contribution is 5.48. The first-order chi connectivity index (χ1) is 7.40. The van der Waals surface area contributed by atoms with Crippen LogP contribution in [0.25, 0.3) is 11.5 Å². The van der Waals surface area contributed by atoms with Gasteiger partial charge in [0.15, 0.2) is 0 Å². The molecule has 0 aliphatic heterocycles. The predicted molar refractivity (Wildman–Crippen MR) is 54.1 cm³/mol. The molecule has 2 heterocycles. The van der Waals surface area contributed by atoms with E-state index in [2.05, 4.69) is 32.3 Å². The standard InChI is InChI=1S/C9H11N5O/c1-2-4-11-9-13-8(14-15-9)7-3-5-10-6-12-7/h3,5-6H,2,4H2,1H3,(H,11,13,14). The van der Waals surface area contributed by atoms with Crippen molar-refractivity contribution >= 4 is 6.01 Å². The van der Waals surface area contributed by atoms with E-state index in [0.29, 0.717) is 17.5 Å². The lowest BCUT2D eigenvalue weighted by molar-refractivity contribution is 0.432. The van der Waals surface area contributed by atoms with Crippen molar-refractivity contribution in [2.24, 2.45) is 0 Å². The van der Waals surface area contributed by atoms with Crippen LogP contribution in [0.5, 0.6) is 0 Å². The van der Waals surface area contributed by atoms with Gasteiger partial charge < -0.3 is 9.84 Å². The van der Waals surface area contributed by atoms with Crippen molar-refractivity contribution in [1.82, 2.24) is 20.1 Å². The molecular weight excluding hydrogens is 194 g/mol. The number of aromatic nitrogens is 4. The molecule has 0 saturated carbocycles. The Balaban J connectivity index is 2.14. The smallest absolute Gasteiger partial charge is 0.321 e. The van der Waals surface area contributed by atoms with Crippen LogP contribution in [0.4, 0.5) is 6.01 Å². The molecule has 0 atom stereocenters. The van der Waals surface area contributed by atoms with E-state index < -0.39 is 0 Å². The van der Waals surface area contributed by atoms with Crippen molar-refractivity contribution in [1.29, 1.82) is 0 Å². The highest BCUT2D eigenvalue weighted by atomic mass is 16.5. The molecule has 2 aromatic heterocycles. The summed E-state index contributed by atoms with van der Waals surface area (Å²) in [5.74, 6) is 0.469. The third-order valence-corrected chi connectivity index (χ3v) is 1.76. The van der Waals surface area contributed by atoms with E-state index in [0.717, 1.165) is 13.0 Å². The summed E-state index contributed by atoms with van der Waals surface area (Å²) in [5.41, 5.74) is 0.651. The number of hydrogen-bond acceptors (Lipinski definition) is 6. The van der Waals surface area contributed by atoms with Crippen molar-refractivity contribution in [2.45, 2.75) is 13.3 Å². The molecule has 6 heteroatoms. The molecule has 6 nitrogen and oxygen atoms in total. The molecule has 15 heavy (non-hydrogen) atoms. The Kier molecular flexibility index (Phi) is 2.87. The highest BCUT2D eigenvalue weighted by Gasteiger charge is 2.07. The van der Waals surface area contributed by atoms with Gasteiger partial charge in [-0.05, 0) is 12.5 Å². The molecule has 0 aliphatic rings. The zero-order chi connectivity index (χ0) is 10.5. The molecule has 0 aromatic carbocycles. The zero-order valence-electron chi connectivity index (χ0n) is 8.34. The van der Waals surface area contributed by atoms with Crippen LogP contribution < -0.4 is 5.32 Å². The minimum atomic E-state index is 0.422. The molecule has 1 N–H and O–H groups in total. The summed E-state index contributed by atoms with van der Waals surface area (Å²) < 4.78 is 4.99. The largest absolute Gasteiger partial charge is 0.338 e. The van der Waals surface area contributed by atoms with Gasteiger partial charge >= 0.3 is 6.01 Å². The van der Waals surface area contributed by atoms with Gasteiger partial charge in [-0.3, -0.25) is 0 Å². The normalized spacial score (nSPS) is 10.2. The maximum atomic E-state index is 4.99. The second kappa shape index (κ2) is 4.50. The van der Waals surface area contributed by atoms with Crippen molar-refractivity contribution < 1.29 is 4.52 Å². The predicted octanol–water partition coefficient (Wildman–Crippen LogP) is 1.35. The zero-order valence-corrected chi connectivity index (χ0v) is 8.34. The Bertz CT molecular complexity index is 413. The lowest BCUT2D eigenvalue weighted by atomic mass is 10.4. The van der Waals surface area contributed by atoms with Gasteiger partial charge in [-0.15, -0.1) is 0 Å². The Labute approximate surface area is 86.8 Å². The maximum Gasteiger partial charge on any atom is 0.321 e. The van der Waals surface area contributed by atoms with E-state index in [1.165, 1.54) is 6.33 Å². The quantitative estimate of drug-likeness (QED) is 0.811. The minimum Gasteiger partial charge on any atom is -0.338 e. The first-order valence-electron chi connectivity index (χ1n) is 4.74. The molecule has 0 fully saturated rings. The summed E-state index contributed by atoms with van der Waals surface area (Å²) >= 11 is 0. The summed E-state index contributed by atoms with van der Waals surface area (Å²) in [7, 11) is 0. The summed E-state index contributed by atoms with van der Waals surface area (Å²) in [4.78, 5) is 12.0. The van der Waals surface area contributed by atoms with Crippen molar-refractivity contribution in [2.75, 3.05) is 11.9 Å². The van der Waals surface area contributed by atoms with Gasteiger partial charge in [-0.25, -0.2) is 9.97 Å². The van der Waals surface area contributed by atoms with Crippen LogP contribution in [0.3, 0.4) is 0 Å². The average molecular weight is 205 g/mol. The fraction of sp³-hybridized carbons (Fsp3) is 0.333. The van der Waals surface area contributed by atoms with E-state index in [-0.39, 0.29) is 0 Å². The van der Waals surface area contributed by atoms with Gasteiger partial charge in [-0.2, -0.15) is 4.98 Å². The molecule has 0 radical (unpaired) electrons. The average Bonchev–Trinajstić information content (AvgIpc) is 2.76. The first kappa shape index (κ1) is 9.57. The second-order valence-electron chi connectivity index (χ2n) is 2.94. The van der Waals surface area contributed by atoms with Crippen LogP contribution in [0.15, 0.2) is 23.1 Å². The third-order valence-electron chi connectivity index (χ3n) is 1.76. The molecule has 0 unspecified atom stereocenters. The molecule has 2 aromatic rings. The Morgan fingerprint density at radius 3 is 3.13 bits per heavy atom. The Morgan fingerprint density at radius 2 is 2.40 bits per heavy atom. The molecule has 0 spiro atoms. The van der Waals surface area contributed by atoms with Crippen LogP contribution in [0, 0.1) is 0 Å². The minimum absolute atomic E-state index is 0.422. The van der Waals surface area contributed by atoms with Gasteiger partial charge in [0.25, 0.3) is 0 Å². The molecule has 2 rings (SSSR count). The van der Waals surface area contributed by atoms with Crippen LogP contribution in [0.1, 0.15) is 13.3 Å². The number of nitrogens with zero attached hydrogens (tertiary/aromatic N) is 4. The van der Waals surface area contributed by atoms with E-state index in [4.69, 9.17) is 4.52 Å². The maximum absolute atomic E-state index is 4.99. The van der Waals surface area contributed by atoms with Crippen molar-refractivity contribution in [3.63, 3.8) is 0 Å². The summed E-state index contributed by atoms with van der Waals surface area (Å²) in [6.45, 7) is 2.88. The SMILES string of the molecule is CCCNc1nc(-c2ccncn2)no1. The number of nitrogens with one attached hydrogen (secondary N) is 1. The first-order valence-corrected chi connectivity index (χ1v) is 4.74. The van der Waals surface area contributed by atoms with Crippen molar-refractivity contribution in [3.05, 3.63) is 18.6 Å². The third kappa shape index (κ3) is 2.28. The van der Waals surface area contributed by atoms with E-state index in [1.54, 1.807) is 12.3 Å². The van der Waals surface area contributed by atoms with Gasteiger partial charge in [0.2, 0.25) is 5.82 Å². The van der Waals surface area contributed by atoms with Gasteiger partial charge in [0, 0.05) is 12.7 Å². The van der Waals surface area contributed by atoms with Gasteiger partial charge in [0.05, 0.1) is 0 Å². The molecule has 78 valence electrons. The lowest BCUT2D eigenvalue weighted by Gasteiger charge is -1.93. The van der Waals surface area contributed by atoms with Crippen LogP contribution in [-0.2, 0) is 0 Å². The fourth-order valence-electron chi connectivity index (χ4n) is 1.05. The number of anilines is 1. The molecule has 0 saturated heterocycles. The molecule has 0 amide bonds. The number of hydrogen-bond donors (Lipinski definition) is 1. The second-order valence-corrected chi connectivity index (χ2v) is 2.94. The summed E-state index contributed by atoms with van der Waals surface area (Å²) in [6.07, 6.45) is 4.09. The lowest BCUT2D eigenvalue weighted by Crippen LogP contribution is -1.99. The van der Waals surface area contributed by atoms with E-state index in [9.17, 15) is 0 Å². The van der Waals surface area contributed by atoms with Crippen LogP contribution in [-0.4, -0.2) is 26.7 Å². The fourth-order valence-corrected chi connectivity index (χ4v) is 1.05. The van der Waals surface area contributed by atoms with Gasteiger partial charge in [0.1, 0.15) is 12.0 Å². The number of rotatable bonds is 4. The molecular formula is C9H11N5O. The van der Waals surface area contributed by atoms with Crippen LogP contribution >= 0.6 is 0 Å². The molecule has 0 aliphatic carbocycles. The summed E-state index contributed by atoms with van der Waals surface area (Å²) in [6, 6.07) is 2.15. The van der Waals surface area contributed by atoms with E-state index >= 15 is 0 Å². The van der Waals surface area contributed by atoms with Crippen molar-refractivity contribution in [3.8, 4) is 11.5 Å². The van der Waals surface area contributed by atoms with Crippen LogP contribution in [0.2, 0.25) is 0 Å². The Morgan fingerprint density at radius 1 is 1.47 bits per heavy atom. The van der Waals surface area contributed by atoms with E-state index in [1.807, 2.05) is 0 Å². The topological polar surface area (TPSA) is 76.7 Å². The van der Waals surface area contributed by atoms with Gasteiger partial charge in [-0.1, -0.05) is 12.1 Å². The monoisotopic (exact) mass is 205 g/mol.